The van der Waals surface area contributed by atoms with Crippen molar-refractivity contribution in [2.45, 2.75) is 83.5 Å². The van der Waals surface area contributed by atoms with E-state index in [1.807, 2.05) is 4.90 Å². The number of halogens is 3. The number of nitrogens with zero attached hydrogens (tertiary/aromatic N) is 7. The number of likely N-dealkylation sites (tertiary alicyclic amines) is 1. The minimum absolute atomic E-state index is 0.115. The van der Waals surface area contributed by atoms with Crippen LogP contribution < -0.4 is 19.3 Å². The van der Waals surface area contributed by atoms with Crippen LogP contribution in [0.3, 0.4) is 0 Å². The number of rotatable bonds is 7. The lowest BCUT2D eigenvalue weighted by molar-refractivity contribution is -0.274. The third kappa shape index (κ3) is 8.23. The van der Waals surface area contributed by atoms with Crippen LogP contribution in [0.15, 0.2) is 24.3 Å². The minimum Gasteiger partial charge on any atom is -0.462 e. The lowest BCUT2D eigenvalue weighted by Crippen LogP contribution is -2.56. The topological polar surface area (TPSA) is 107 Å². The first-order valence-corrected chi connectivity index (χ1v) is 15.8. The Labute approximate surface area is 267 Å². The van der Waals surface area contributed by atoms with Gasteiger partial charge < -0.3 is 33.8 Å². The van der Waals surface area contributed by atoms with Gasteiger partial charge in [0.2, 0.25) is 0 Å². The van der Waals surface area contributed by atoms with Gasteiger partial charge in [0.1, 0.15) is 18.0 Å². The van der Waals surface area contributed by atoms with Gasteiger partial charge in [-0.1, -0.05) is 12.1 Å². The number of hydrogen-bond donors (Lipinski definition) is 0. The van der Waals surface area contributed by atoms with E-state index in [-0.39, 0.29) is 30.8 Å². The second-order valence-corrected chi connectivity index (χ2v) is 13.0. The van der Waals surface area contributed by atoms with Crippen molar-refractivity contribution >= 4 is 17.6 Å². The maximum absolute atomic E-state index is 13.3. The number of hydrogen-bond acceptors (Lipinski definition) is 10. The van der Waals surface area contributed by atoms with Crippen LogP contribution in [-0.4, -0.2) is 96.3 Å². The monoisotopic (exact) mass is 645 g/mol. The number of fused-ring (bicyclic) bond motifs is 1. The van der Waals surface area contributed by atoms with Crippen LogP contribution in [0.5, 0.6) is 11.8 Å². The number of carbonyl (C=O) groups is 1. The first-order chi connectivity index (χ1) is 21.8. The Morgan fingerprint density at radius 3 is 2.52 bits per heavy atom. The fourth-order valence-electron chi connectivity index (χ4n) is 6.30. The molecule has 3 aliphatic heterocycles. The van der Waals surface area contributed by atoms with E-state index in [9.17, 15) is 23.2 Å². The van der Waals surface area contributed by atoms with E-state index < -0.39 is 24.1 Å². The summed E-state index contributed by atoms with van der Waals surface area (Å²) in [6, 6.07) is 8.32. The molecular formula is C32H42F3N7O4. The molecule has 0 bridgehead atoms. The summed E-state index contributed by atoms with van der Waals surface area (Å²) in [4.78, 5) is 30.5. The van der Waals surface area contributed by atoms with E-state index in [1.54, 1.807) is 37.8 Å². The number of likely N-dealkylation sites (N-methyl/N-ethyl adjacent to an activating group) is 1. The summed E-state index contributed by atoms with van der Waals surface area (Å²) in [5, 5.41) is 9.62. The van der Waals surface area contributed by atoms with Gasteiger partial charge in [0.05, 0.1) is 36.5 Å². The quantitative estimate of drug-likeness (QED) is 0.402. The van der Waals surface area contributed by atoms with Gasteiger partial charge >= 0.3 is 18.5 Å². The number of aromatic nitrogens is 2. The first-order valence-electron chi connectivity index (χ1n) is 15.8. The largest absolute Gasteiger partial charge is 0.573 e. The second kappa shape index (κ2) is 13.8. The molecule has 4 heterocycles. The van der Waals surface area contributed by atoms with Crippen molar-refractivity contribution in [1.29, 1.82) is 5.26 Å². The van der Waals surface area contributed by atoms with Gasteiger partial charge in [-0.05, 0) is 72.2 Å². The third-order valence-electron chi connectivity index (χ3n) is 8.49. The molecule has 0 aliphatic carbocycles. The smallest absolute Gasteiger partial charge is 0.462 e. The Bertz CT molecular complexity index is 1430. The Kier molecular flexibility index (Phi) is 10.0. The molecule has 2 aromatic rings. The highest BCUT2D eigenvalue weighted by Gasteiger charge is 2.37. The van der Waals surface area contributed by atoms with Crippen LogP contribution in [0.4, 0.5) is 29.5 Å². The van der Waals surface area contributed by atoms with Gasteiger partial charge in [0, 0.05) is 37.8 Å². The molecule has 1 unspecified atom stereocenters. The maximum Gasteiger partial charge on any atom is 0.573 e. The number of carbonyl (C=O) groups excluding carboxylic acids is 1. The first kappa shape index (κ1) is 33.4. The molecule has 14 heteroatoms. The molecular weight excluding hydrogens is 603 g/mol. The van der Waals surface area contributed by atoms with Gasteiger partial charge in [-0.3, -0.25) is 0 Å². The van der Waals surface area contributed by atoms with Crippen molar-refractivity contribution < 1.29 is 32.2 Å². The van der Waals surface area contributed by atoms with Crippen molar-refractivity contribution in [3.63, 3.8) is 0 Å². The molecule has 0 spiro atoms. The van der Waals surface area contributed by atoms with E-state index in [1.165, 1.54) is 12.1 Å². The summed E-state index contributed by atoms with van der Waals surface area (Å²) in [5.74, 6) is 0.388. The molecule has 0 N–H and O–H groups in total. The van der Waals surface area contributed by atoms with E-state index >= 15 is 0 Å². The summed E-state index contributed by atoms with van der Waals surface area (Å²) >= 11 is 0. The van der Waals surface area contributed by atoms with Crippen LogP contribution in [0.25, 0.3) is 0 Å². The summed E-state index contributed by atoms with van der Waals surface area (Å²) in [6.07, 6.45) is -1.87. The summed E-state index contributed by atoms with van der Waals surface area (Å²) < 4.78 is 56.0. The summed E-state index contributed by atoms with van der Waals surface area (Å²) in [7, 11) is 2.06. The minimum atomic E-state index is -4.83. The lowest BCUT2D eigenvalue weighted by atomic mass is 10.1. The molecule has 11 nitrogen and oxygen atoms in total. The number of ether oxygens (including phenoxy) is 3. The van der Waals surface area contributed by atoms with Crippen molar-refractivity contribution in [1.82, 2.24) is 19.8 Å². The fourth-order valence-corrected chi connectivity index (χ4v) is 6.30. The zero-order valence-corrected chi connectivity index (χ0v) is 26.8. The van der Waals surface area contributed by atoms with E-state index in [2.05, 4.69) is 27.7 Å². The number of anilines is 2. The fraction of sp³-hybridized carbons (Fsp3) is 0.625. The standard InChI is InChI=1S/C32H42F3N7O4/c1-31(2,3)46-30(43)42-18-17-41(19-22(42)13-14-36)28-24-10-8-16-40(26-11-5-6-12-27(26)45-32(33,34)35)20-25(24)37-29(38-28)44-21-23-9-7-15-39(23)4/h5-6,11-12,22-23H,7-10,13,15-21H2,1-4H3/t22?,23-/m0/s1. The van der Waals surface area contributed by atoms with Gasteiger partial charge in [-0.25, -0.2) is 4.79 Å². The number of para-hydroxylation sites is 2. The van der Waals surface area contributed by atoms with Crippen LogP contribution in [0.2, 0.25) is 0 Å². The highest BCUT2D eigenvalue weighted by atomic mass is 19.4. The number of piperazine rings is 1. The Morgan fingerprint density at radius 1 is 1.04 bits per heavy atom. The summed E-state index contributed by atoms with van der Waals surface area (Å²) in [6.45, 7) is 8.63. The number of nitriles is 1. The van der Waals surface area contributed by atoms with Crippen LogP contribution in [0.1, 0.15) is 57.7 Å². The number of amides is 1. The van der Waals surface area contributed by atoms with Crippen molar-refractivity contribution in [2.24, 2.45) is 0 Å². The molecule has 0 radical (unpaired) electrons. The van der Waals surface area contributed by atoms with E-state index in [0.29, 0.717) is 62.8 Å². The van der Waals surface area contributed by atoms with Crippen LogP contribution in [0, 0.1) is 11.3 Å². The van der Waals surface area contributed by atoms with E-state index in [4.69, 9.17) is 19.4 Å². The van der Waals surface area contributed by atoms with Gasteiger partial charge in [-0.2, -0.15) is 15.2 Å². The molecule has 3 aliphatic rings. The average Bonchev–Trinajstić information content (AvgIpc) is 3.26. The molecule has 2 saturated heterocycles. The highest BCUT2D eigenvalue weighted by molar-refractivity contribution is 5.69. The Hall–Kier alpha value is -3.99. The van der Waals surface area contributed by atoms with Crippen LogP contribution in [-0.2, 0) is 17.7 Å². The van der Waals surface area contributed by atoms with Gasteiger partial charge in [0.15, 0.2) is 5.75 Å². The molecule has 1 aromatic heterocycles. The van der Waals surface area contributed by atoms with Crippen molar-refractivity contribution in [3.05, 3.63) is 35.5 Å². The Balaban J connectivity index is 1.47. The molecule has 0 saturated carbocycles. The SMILES string of the molecule is CN1CCC[C@H]1COc1nc2c(c(N3CCN(C(=O)OC(C)(C)C)C(CC#N)C3)n1)CCCN(c1ccccc1OC(F)(F)F)C2. The van der Waals surface area contributed by atoms with E-state index in [0.717, 1.165) is 24.9 Å². The average molecular weight is 646 g/mol. The molecule has 250 valence electrons. The maximum atomic E-state index is 13.3. The predicted molar refractivity (Wildman–Crippen MR) is 165 cm³/mol. The summed E-state index contributed by atoms with van der Waals surface area (Å²) in [5.41, 5.74) is 1.18. The second-order valence-electron chi connectivity index (χ2n) is 13.0. The predicted octanol–water partition coefficient (Wildman–Crippen LogP) is 5.14. The number of alkyl halides is 3. The van der Waals surface area contributed by atoms with Gasteiger partial charge in [-0.15, -0.1) is 13.2 Å². The number of benzene rings is 1. The molecule has 2 atom stereocenters. The molecule has 1 aromatic carbocycles. The zero-order chi connectivity index (χ0) is 33.1. The van der Waals surface area contributed by atoms with Gasteiger partial charge in [0.25, 0.3) is 0 Å². The molecule has 2 fully saturated rings. The highest BCUT2D eigenvalue weighted by Crippen LogP contribution is 2.37. The zero-order valence-electron chi connectivity index (χ0n) is 26.8. The molecule has 46 heavy (non-hydrogen) atoms. The van der Waals surface area contributed by atoms with Crippen LogP contribution >= 0.6 is 0 Å². The normalized spacial score (nSPS) is 21.0. The Morgan fingerprint density at radius 2 is 1.83 bits per heavy atom. The third-order valence-corrected chi connectivity index (χ3v) is 8.49. The molecule has 1 amide bonds. The lowest BCUT2D eigenvalue weighted by Gasteiger charge is -2.42. The molecule has 5 rings (SSSR count). The van der Waals surface area contributed by atoms with Crippen molar-refractivity contribution in [3.8, 4) is 17.8 Å². The van der Waals surface area contributed by atoms with Crippen molar-refractivity contribution in [2.75, 3.05) is 56.2 Å².